The number of aromatic nitrogens is 2. The fourth-order valence-electron chi connectivity index (χ4n) is 2.03. The minimum Gasteiger partial charge on any atom is -0.218 e. The molecule has 3 rings (SSSR count). The molecule has 0 N–H and O–H groups in total. The molecule has 0 aliphatic rings. The summed E-state index contributed by atoms with van der Waals surface area (Å²) in [4.78, 5) is 8.07. The SMILES string of the molecule is Clc1cc(-c2cccc(-c3ccccc3)c2)nc(Cl)n1. The normalized spacial score (nSPS) is 10.5. The predicted molar refractivity (Wildman–Crippen MR) is 82.9 cm³/mol. The molecule has 0 aliphatic carbocycles. The maximum Gasteiger partial charge on any atom is 0.224 e. The highest BCUT2D eigenvalue weighted by Crippen LogP contribution is 2.26. The van der Waals surface area contributed by atoms with Crippen molar-refractivity contribution in [3.63, 3.8) is 0 Å². The average Bonchev–Trinajstić information content (AvgIpc) is 2.47. The molecule has 2 aromatic carbocycles. The van der Waals surface area contributed by atoms with Gasteiger partial charge in [0.1, 0.15) is 5.15 Å². The van der Waals surface area contributed by atoms with Crippen LogP contribution in [0, 0.1) is 0 Å². The van der Waals surface area contributed by atoms with Crippen molar-refractivity contribution in [2.24, 2.45) is 0 Å². The smallest absolute Gasteiger partial charge is 0.218 e. The molecule has 20 heavy (non-hydrogen) atoms. The topological polar surface area (TPSA) is 25.8 Å². The Bertz CT molecular complexity index is 722. The van der Waals surface area contributed by atoms with Gasteiger partial charge >= 0.3 is 0 Å². The first kappa shape index (κ1) is 13.1. The van der Waals surface area contributed by atoms with Gasteiger partial charge in [0.15, 0.2) is 0 Å². The number of nitrogens with zero attached hydrogens (tertiary/aromatic N) is 2. The summed E-state index contributed by atoms with van der Waals surface area (Å²) in [5.74, 6) is 0. The van der Waals surface area contributed by atoms with Gasteiger partial charge in [-0.3, -0.25) is 0 Å². The van der Waals surface area contributed by atoms with Crippen LogP contribution in [-0.4, -0.2) is 9.97 Å². The summed E-state index contributed by atoms with van der Waals surface area (Å²) < 4.78 is 0. The van der Waals surface area contributed by atoms with Crippen LogP contribution in [0.15, 0.2) is 60.7 Å². The first-order chi connectivity index (χ1) is 9.72. The van der Waals surface area contributed by atoms with Crippen LogP contribution in [0.2, 0.25) is 10.4 Å². The lowest BCUT2D eigenvalue weighted by atomic mass is 10.0. The Kier molecular flexibility index (Phi) is 3.68. The van der Waals surface area contributed by atoms with E-state index in [0.717, 1.165) is 16.7 Å². The Labute approximate surface area is 127 Å². The zero-order chi connectivity index (χ0) is 13.9. The minimum atomic E-state index is 0.151. The molecule has 0 unspecified atom stereocenters. The number of hydrogen-bond donors (Lipinski definition) is 0. The molecule has 0 fully saturated rings. The molecule has 2 nitrogen and oxygen atoms in total. The summed E-state index contributed by atoms with van der Waals surface area (Å²) in [6.07, 6.45) is 0. The van der Waals surface area contributed by atoms with Gasteiger partial charge in [0.25, 0.3) is 0 Å². The predicted octanol–water partition coefficient (Wildman–Crippen LogP) is 5.12. The van der Waals surface area contributed by atoms with Crippen LogP contribution in [0.1, 0.15) is 0 Å². The molecule has 0 atom stereocenters. The third kappa shape index (κ3) is 2.82. The Hall–Kier alpha value is -1.90. The Morgan fingerprint density at radius 2 is 1.35 bits per heavy atom. The second-order valence-corrected chi connectivity index (χ2v) is 5.02. The Morgan fingerprint density at radius 1 is 0.650 bits per heavy atom. The number of rotatable bonds is 2. The van der Waals surface area contributed by atoms with E-state index in [-0.39, 0.29) is 5.28 Å². The Morgan fingerprint density at radius 3 is 2.10 bits per heavy atom. The lowest BCUT2D eigenvalue weighted by Gasteiger charge is -2.06. The van der Waals surface area contributed by atoms with Crippen LogP contribution in [0.3, 0.4) is 0 Å². The number of halogens is 2. The van der Waals surface area contributed by atoms with Crippen LogP contribution in [0.5, 0.6) is 0 Å². The molecule has 3 aromatic rings. The van der Waals surface area contributed by atoms with Crippen molar-refractivity contribution in [1.29, 1.82) is 0 Å². The molecule has 0 spiro atoms. The van der Waals surface area contributed by atoms with Gasteiger partial charge in [-0.2, -0.15) is 0 Å². The molecule has 0 saturated heterocycles. The van der Waals surface area contributed by atoms with Crippen molar-refractivity contribution in [2.45, 2.75) is 0 Å². The fourth-order valence-corrected chi connectivity index (χ4v) is 2.44. The molecular formula is C16H10Cl2N2. The van der Waals surface area contributed by atoms with Gasteiger partial charge < -0.3 is 0 Å². The molecule has 1 aromatic heterocycles. The highest BCUT2D eigenvalue weighted by atomic mass is 35.5. The van der Waals surface area contributed by atoms with Crippen LogP contribution in [0.25, 0.3) is 22.4 Å². The monoisotopic (exact) mass is 300 g/mol. The van der Waals surface area contributed by atoms with Crippen LogP contribution in [-0.2, 0) is 0 Å². The van der Waals surface area contributed by atoms with Crippen molar-refractivity contribution < 1.29 is 0 Å². The molecule has 0 bridgehead atoms. The van der Waals surface area contributed by atoms with Gasteiger partial charge in [-0.25, -0.2) is 9.97 Å². The molecule has 0 saturated carbocycles. The van der Waals surface area contributed by atoms with Crippen LogP contribution < -0.4 is 0 Å². The fraction of sp³-hybridized carbons (Fsp3) is 0. The van der Waals surface area contributed by atoms with Crippen molar-refractivity contribution in [1.82, 2.24) is 9.97 Å². The van der Waals surface area contributed by atoms with Gasteiger partial charge in [-0.15, -0.1) is 0 Å². The maximum atomic E-state index is 5.92. The maximum absolute atomic E-state index is 5.92. The molecule has 98 valence electrons. The average molecular weight is 301 g/mol. The second-order valence-electron chi connectivity index (χ2n) is 4.29. The highest BCUT2D eigenvalue weighted by molar-refractivity contribution is 6.32. The first-order valence-corrected chi connectivity index (χ1v) is 6.84. The quantitative estimate of drug-likeness (QED) is 0.485. The summed E-state index contributed by atoms with van der Waals surface area (Å²) in [6.45, 7) is 0. The lowest BCUT2D eigenvalue weighted by Crippen LogP contribution is -1.89. The van der Waals surface area contributed by atoms with E-state index in [2.05, 4.69) is 34.2 Å². The lowest BCUT2D eigenvalue weighted by molar-refractivity contribution is 1.17. The van der Waals surface area contributed by atoms with Crippen molar-refractivity contribution >= 4 is 23.2 Å². The van der Waals surface area contributed by atoms with Gasteiger partial charge in [0.2, 0.25) is 5.28 Å². The summed E-state index contributed by atoms with van der Waals surface area (Å²) in [5, 5.41) is 0.489. The van der Waals surface area contributed by atoms with E-state index >= 15 is 0 Å². The van der Waals surface area contributed by atoms with Gasteiger partial charge in [-0.1, -0.05) is 60.1 Å². The minimum absolute atomic E-state index is 0.151. The van der Waals surface area contributed by atoms with Crippen molar-refractivity contribution in [3.05, 3.63) is 71.1 Å². The standard InChI is InChI=1S/C16H10Cl2N2/c17-15-10-14(19-16(18)20-15)13-8-4-7-12(9-13)11-5-2-1-3-6-11/h1-10H. The highest BCUT2D eigenvalue weighted by Gasteiger charge is 2.05. The van der Waals surface area contributed by atoms with E-state index in [1.807, 2.05) is 30.3 Å². The van der Waals surface area contributed by atoms with Crippen molar-refractivity contribution in [2.75, 3.05) is 0 Å². The van der Waals surface area contributed by atoms with Crippen molar-refractivity contribution in [3.8, 4) is 22.4 Å². The van der Waals surface area contributed by atoms with E-state index in [1.54, 1.807) is 6.07 Å². The van der Waals surface area contributed by atoms with E-state index in [9.17, 15) is 0 Å². The van der Waals surface area contributed by atoms with Gasteiger partial charge in [0, 0.05) is 11.6 Å². The molecule has 0 amide bonds. The molecule has 0 aliphatic heterocycles. The molecule has 1 heterocycles. The molecule has 0 radical (unpaired) electrons. The van der Waals surface area contributed by atoms with Gasteiger partial charge in [-0.05, 0) is 28.8 Å². The summed E-state index contributed by atoms with van der Waals surface area (Å²) in [5.41, 5.74) is 3.94. The first-order valence-electron chi connectivity index (χ1n) is 6.08. The van der Waals surface area contributed by atoms with E-state index in [4.69, 9.17) is 23.2 Å². The molecule has 4 heteroatoms. The third-order valence-electron chi connectivity index (χ3n) is 2.93. The molecular weight excluding hydrogens is 291 g/mol. The largest absolute Gasteiger partial charge is 0.224 e. The summed E-state index contributed by atoms with van der Waals surface area (Å²) in [7, 11) is 0. The van der Waals surface area contributed by atoms with E-state index in [1.165, 1.54) is 0 Å². The third-order valence-corrected chi connectivity index (χ3v) is 3.30. The Balaban J connectivity index is 2.07. The second kappa shape index (κ2) is 5.61. The van der Waals surface area contributed by atoms with E-state index in [0.29, 0.717) is 10.8 Å². The number of benzene rings is 2. The van der Waals surface area contributed by atoms with E-state index < -0.39 is 0 Å². The number of hydrogen-bond acceptors (Lipinski definition) is 2. The van der Waals surface area contributed by atoms with Crippen LogP contribution >= 0.6 is 23.2 Å². The zero-order valence-electron chi connectivity index (χ0n) is 10.4. The summed E-state index contributed by atoms with van der Waals surface area (Å²) in [6, 6.07) is 19.9. The van der Waals surface area contributed by atoms with Gasteiger partial charge in [0.05, 0.1) is 5.69 Å². The van der Waals surface area contributed by atoms with Crippen LogP contribution in [0.4, 0.5) is 0 Å². The zero-order valence-corrected chi connectivity index (χ0v) is 11.9. The summed E-state index contributed by atoms with van der Waals surface area (Å²) >= 11 is 11.8.